The zero-order valence-electron chi connectivity index (χ0n) is 19.7. The van der Waals surface area contributed by atoms with Crippen LogP contribution in [0.1, 0.15) is 11.1 Å². The Bertz CT molecular complexity index is 1560. The van der Waals surface area contributed by atoms with E-state index >= 15 is 0 Å². The summed E-state index contributed by atoms with van der Waals surface area (Å²) < 4.78 is 5.35. The zero-order chi connectivity index (χ0) is 23.9. The molecule has 0 amide bonds. The number of pyridine rings is 1. The number of likely N-dealkylation sites (N-methyl/N-ethyl adjacent to an activating group) is 1. The summed E-state index contributed by atoms with van der Waals surface area (Å²) in [4.78, 5) is 12.4. The Kier molecular flexibility index (Phi) is 5.22. The van der Waals surface area contributed by atoms with Gasteiger partial charge < -0.3 is 24.6 Å². The molecule has 176 valence electrons. The molecular formula is C27H26N6O2. The Balaban J connectivity index is 1.34. The first-order chi connectivity index (χ1) is 17.1. The first kappa shape index (κ1) is 21.4. The molecule has 0 aliphatic carbocycles. The van der Waals surface area contributed by atoms with Crippen LogP contribution in [0, 0.1) is 0 Å². The van der Waals surface area contributed by atoms with Gasteiger partial charge in [0, 0.05) is 59.6 Å². The Labute approximate surface area is 202 Å². The fraction of sp³-hybridized carbons (Fsp3) is 0.222. The summed E-state index contributed by atoms with van der Waals surface area (Å²) in [6.45, 7) is 4.07. The number of H-pyrrole nitrogens is 1. The van der Waals surface area contributed by atoms with E-state index in [9.17, 15) is 5.11 Å². The molecule has 2 aromatic carbocycles. The van der Waals surface area contributed by atoms with Gasteiger partial charge in [-0.05, 0) is 60.8 Å². The van der Waals surface area contributed by atoms with E-state index in [1.165, 1.54) is 0 Å². The highest BCUT2D eigenvalue weighted by Crippen LogP contribution is 2.31. The topological polar surface area (TPSA) is 89.3 Å². The van der Waals surface area contributed by atoms with E-state index in [4.69, 9.17) is 9.72 Å². The molecule has 2 aromatic heterocycles. The van der Waals surface area contributed by atoms with Crippen molar-refractivity contribution < 1.29 is 9.84 Å². The van der Waals surface area contributed by atoms with Crippen LogP contribution in [0.4, 0.5) is 11.5 Å². The fourth-order valence-corrected chi connectivity index (χ4v) is 4.66. The first-order valence-corrected chi connectivity index (χ1v) is 11.7. The van der Waals surface area contributed by atoms with Gasteiger partial charge in [0.05, 0.1) is 12.8 Å². The maximum Gasteiger partial charge on any atom is 0.196 e. The van der Waals surface area contributed by atoms with Crippen LogP contribution in [0.5, 0.6) is 11.6 Å². The molecular weight excluding hydrogens is 440 g/mol. The third-order valence-electron chi connectivity index (χ3n) is 6.72. The summed E-state index contributed by atoms with van der Waals surface area (Å²) in [5.74, 6) is 1.85. The van der Waals surface area contributed by atoms with E-state index < -0.39 is 0 Å². The molecule has 2 aliphatic heterocycles. The maximum absolute atomic E-state index is 10.5. The summed E-state index contributed by atoms with van der Waals surface area (Å²) in [5, 5.41) is 22.1. The summed E-state index contributed by atoms with van der Waals surface area (Å²) in [6, 6.07) is 15.8. The Hall–Kier alpha value is -4.17. The maximum atomic E-state index is 10.5. The van der Waals surface area contributed by atoms with Gasteiger partial charge in [0.25, 0.3) is 0 Å². The van der Waals surface area contributed by atoms with E-state index in [0.717, 1.165) is 76.0 Å². The summed E-state index contributed by atoms with van der Waals surface area (Å²) in [6.07, 6.45) is 3.82. The monoisotopic (exact) mass is 466 g/mol. The van der Waals surface area contributed by atoms with Crippen molar-refractivity contribution in [2.24, 2.45) is 10.2 Å². The molecule has 2 aliphatic rings. The Morgan fingerprint density at radius 1 is 1.00 bits per heavy atom. The SMILES string of the molecule is COc1ccc2[nH]c(O)c(/C=c3\ccc4c(c3)N=NC=4c3ccc(N4CCN(C)CC4)nc3)c2c1. The summed E-state index contributed by atoms with van der Waals surface area (Å²) in [7, 11) is 3.78. The molecule has 0 atom stereocenters. The Morgan fingerprint density at radius 3 is 2.63 bits per heavy atom. The van der Waals surface area contributed by atoms with Crippen LogP contribution < -0.4 is 20.1 Å². The van der Waals surface area contributed by atoms with Crippen molar-refractivity contribution in [1.82, 2.24) is 14.9 Å². The van der Waals surface area contributed by atoms with Crippen molar-refractivity contribution >= 4 is 34.2 Å². The molecule has 4 aromatic rings. The fourth-order valence-electron chi connectivity index (χ4n) is 4.66. The molecule has 35 heavy (non-hydrogen) atoms. The number of fused-ring (bicyclic) bond motifs is 2. The quantitative estimate of drug-likeness (QED) is 0.483. The van der Waals surface area contributed by atoms with Crippen molar-refractivity contribution in [3.05, 3.63) is 76.3 Å². The number of rotatable bonds is 4. The molecule has 8 heteroatoms. The smallest absolute Gasteiger partial charge is 0.196 e. The first-order valence-electron chi connectivity index (χ1n) is 11.7. The van der Waals surface area contributed by atoms with Crippen LogP contribution >= 0.6 is 0 Å². The number of hydrogen-bond donors (Lipinski definition) is 2. The van der Waals surface area contributed by atoms with Gasteiger partial charge in [0.15, 0.2) is 5.88 Å². The molecule has 0 saturated carbocycles. The van der Waals surface area contributed by atoms with Crippen LogP contribution in [0.3, 0.4) is 0 Å². The zero-order valence-corrected chi connectivity index (χ0v) is 19.7. The van der Waals surface area contributed by atoms with Gasteiger partial charge in [-0.1, -0.05) is 6.07 Å². The van der Waals surface area contributed by atoms with Gasteiger partial charge in [-0.2, -0.15) is 0 Å². The van der Waals surface area contributed by atoms with Crippen molar-refractivity contribution in [1.29, 1.82) is 0 Å². The second kappa shape index (κ2) is 8.56. The van der Waals surface area contributed by atoms with Gasteiger partial charge in [0.1, 0.15) is 17.3 Å². The highest BCUT2D eigenvalue weighted by atomic mass is 16.5. The largest absolute Gasteiger partial charge is 0.497 e. The predicted octanol–water partition coefficient (Wildman–Crippen LogP) is 3.11. The third kappa shape index (κ3) is 3.91. The molecule has 6 rings (SSSR count). The number of aromatic nitrogens is 2. The lowest BCUT2D eigenvalue weighted by molar-refractivity contribution is 0.312. The predicted molar refractivity (Wildman–Crippen MR) is 137 cm³/mol. The number of methoxy groups -OCH3 is 1. The van der Waals surface area contributed by atoms with E-state index in [1.54, 1.807) is 7.11 Å². The van der Waals surface area contributed by atoms with E-state index in [-0.39, 0.29) is 5.88 Å². The molecule has 1 saturated heterocycles. The number of benzene rings is 2. The minimum absolute atomic E-state index is 0.120. The standard InChI is InChI=1S/C27H26N6O2/c1-32-9-11-33(12-10-32)25-8-4-18(16-28-25)26-20-6-3-17(14-24(20)30-31-26)13-22-21-15-19(35-2)5-7-23(21)29-27(22)34/h3-8,13-16,29,34H,9-12H2,1-2H3/b17-13+. The van der Waals surface area contributed by atoms with Crippen LogP contribution in [-0.2, 0) is 0 Å². The van der Waals surface area contributed by atoms with Crippen LogP contribution in [0.2, 0.25) is 0 Å². The highest BCUT2D eigenvalue weighted by Gasteiger charge is 2.17. The van der Waals surface area contributed by atoms with Crippen LogP contribution in [0.25, 0.3) is 22.7 Å². The second-order valence-electron chi connectivity index (χ2n) is 8.96. The lowest BCUT2D eigenvalue weighted by atomic mass is 10.1. The number of piperazine rings is 1. The van der Waals surface area contributed by atoms with Gasteiger partial charge in [-0.25, -0.2) is 4.98 Å². The number of anilines is 1. The number of hydrogen-bond acceptors (Lipinski definition) is 7. The molecule has 8 nitrogen and oxygen atoms in total. The average molecular weight is 467 g/mol. The lowest BCUT2D eigenvalue weighted by Crippen LogP contribution is -2.44. The number of aromatic hydroxyl groups is 1. The minimum Gasteiger partial charge on any atom is -0.497 e. The van der Waals surface area contributed by atoms with Gasteiger partial charge >= 0.3 is 0 Å². The number of ether oxygens (including phenoxy) is 1. The molecule has 0 bridgehead atoms. The van der Waals surface area contributed by atoms with Crippen molar-refractivity contribution in [3.8, 4) is 11.6 Å². The molecule has 0 unspecified atom stereocenters. The number of nitrogens with zero attached hydrogens (tertiary/aromatic N) is 5. The van der Waals surface area contributed by atoms with Crippen molar-refractivity contribution in [2.75, 3.05) is 45.2 Å². The molecule has 0 radical (unpaired) electrons. The molecule has 0 spiro atoms. The highest BCUT2D eigenvalue weighted by molar-refractivity contribution is 5.92. The number of nitrogens with one attached hydrogen (secondary N) is 1. The average Bonchev–Trinajstić information content (AvgIpc) is 3.44. The van der Waals surface area contributed by atoms with Gasteiger partial charge in [0.2, 0.25) is 0 Å². The number of aromatic amines is 1. The second-order valence-corrected chi connectivity index (χ2v) is 8.96. The van der Waals surface area contributed by atoms with E-state index in [2.05, 4.69) is 44.2 Å². The normalized spacial score (nSPS) is 16.3. The third-order valence-corrected chi connectivity index (χ3v) is 6.72. The van der Waals surface area contributed by atoms with E-state index in [1.807, 2.05) is 48.7 Å². The van der Waals surface area contributed by atoms with Gasteiger partial charge in [-0.15, -0.1) is 10.2 Å². The van der Waals surface area contributed by atoms with Crippen LogP contribution in [-0.4, -0.2) is 60.3 Å². The van der Waals surface area contributed by atoms with Crippen molar-refractivity contribution in [2.45, 2.75) is 0 Å². The minimum atomic E-state index is 0.120. The summed E-state index contributed by atoms with van der Waals surface area (Å²) >= 11 is 0. The number of azo groups is 1. The van der Waals surface area contributed by atoms with Crippen LogP contribution in [0.15, 0.2) is 65.0 Å². The molecule has 2 N–H and O–H groups in total. The van der Waals surface area contributed by atoms with Crippen molar-refractivity contribution in [3.63, 3.8) is 0 Å². The van der Waals surface area contributed by atoms with E-state index in [0.29, 0.717) is 5.56 Å². The van der Waals surface area contributed by atoms with Gasteiger partial charge in [-0.3, -0.25) is 0 Å². The molecule has 4 heterocycles. The Morgan fingerprint density at radius 2 is 1.86 bits per heavy atom. The lowest BCUT2D eigenvalue weighted by Gasteiger charge is -2.33. The summed E-state index contributed by atoms with van der Waals surface area (Å²) in [5.41, 5.74) is 4.13. The molecule has 1 fully saturated rings.